The van der Waals surface area contributed by atoms with Crippen LogP contribution in [0.4, 0.5) is 0 Å². The first-order valence-electron chi connectivity index (χ1n) is 7.85. The average molecular weight is 406 g/mol. The van der Waals surface area contributed by atoms with E-state index in [0.717, 1.165) is 5.56 Å². The Bertz CT molecular complexity index is 640. The number of carbonyl (C=O) groups excluding carboxylic acids is 1. The molecule has 26 heavy (non-hydrogen) atoms. The molecule has 0 aliphatic heterocycles. The number of nitrogens with zero attached hydrogens (tertiary/aromatic N) is 3. The van der Waals surface area contributed by atoms with Crippen molar-refractivity contribution in [2.75, 3.05) is 26.8 Å². The number of rotatable bonds is 9. The van der Waals surface area contributed by atoms with E-state index in [9.17, 15) is 4.79 Å². The van der Waals surface area contributed by atoms with Crippen molar-refractivity contribution in [3.05, 3.63) is 30.4 Å². The monoisotopic (exact) mass is 405 g/mol. The second-order valence-corrected chi connectivity index (χ2v) is 5.66. The summed E-state index contributed by atoms with van der Waals surface area (Å²) >= 11 is 0. The highest BCUT2D eigenvalue weighted by Crippen LogP contribution is 2.22. The van der Waals surface area contributed by atoms with E-state index in [-0.39, 0.29) is 49.2 Å². The van der Waals surface area contributed by atoms with E-state index in [4.69, 9.17) is 9.26 Å². The van der Waals surface area contributed by atoms with Gasteiger partial charge in [0.25, 0.3) is 0 Å². The Hall–Kier alpha value is -1.74. The number of nitrogens with one attached hydrogen (secondary N) is 2. The SMILES string of the molecule is COCCNCC(=O)NC(c1nc(-c2cccnc2)no1)C(C)C.Cl.Cl. The van der Waals surface area contributed by atoms with Crippen LogP contribution in [0.2, 0.25) is 0 Å². The minimum atomic E-state index is -0.348. The molecule has 1 unspecified atom stereocenters. The van der Waals surface area contributed by atoms with E-state index in [1.54, 1.807) is 25.6 Å². The predicted molar refractivity (Wildman–Crippen MR) is 102 cm³/mol. The Morgan fingerprint density at radius 2 is 2.12 bits per heavy atom. The van der Waals surface area contributed by atoms with E-state index in [0.29, 0.717) is 24.9 Å². The van der Waals surface area contributed by atoms with Crippen molar-refractivity contribution in [3.63, 3.8) is 0 Å². The molecular weight excluding hydrogens is 381 g/mol. The molecule has 0 saturated heterocycles. The van der Waals surface area contributed by atoms with Crippen LogP contribution >= 0.6 is 24.8 Å². The Labute approximate surface area is 165 Å². The lowest BCUT2D eigenvalue weighted by Gasteiger charge is -2.18. The molecule has 146 valence electrons. The van der Waals surface area contributed by atoms with Crippen molar-refractivity contribution in [1.82, 2.24) is 25.8 Å². The number of hydrogen-bond acceptors (Lipinski definition) is 7. The van der Waals surface area contributed by atoms with Crippen LogP contribution in [0.15, 0.2) is 29.0 Å². The molecule has 0 fully saturated rings. The first-order chi connectivity index (χ1) is 11.6. The Balaban J connectivity index is 0.00000312. The fourth-order valence-corrected chi connectivity index (χ4v) is 2.09. The first kappa shape index (κ1) is 24.3. The van der Waals surface area contributed by atoms with Crippen molar-refractivity contribution in [2.45, 2.75) is 19.9 Å². The highest BCUT2D eigenvalue weighted by atomic mass is 35.5. The van der Waals surface area contributed by atoms with Gasteiger partial charge in [0.05, 0.1) is 13.2 Å². The number of aromatic nitrogens is 3. The molecular formula is C16H25Cl2N5O3. The quantitative estimate of drug-likeness (QED) is 0.615. The molecule has 0 aliphatic rings. The van der Waals surface area contributed by atoms with Gasteiger partial charge in [-0.25, -0.2) is 0 Å². The molecule has 2 aromatic heterocycles. The number of methoxy groups -OCH3 is 1. The second-order valence-electron chi connectivity index (χ2n) is 5.66. The second kappa shape index (κ2) is 12.6. The van der Waals surface area contributed by atoms with Gasteiger partial charge in [0.15, 0.2) is 0 Å². The molecule has 0 bridgehead atoms. The fourth-order valence-electron chi connectivity index (χ4n) is 2.09. The zero-order valence-electron chi connectivity index (χ0n) is 15.0. The van der Waals surface area contributed by atoms with Gasteiger partial charge in [-0.05, 0) is 18.1 Å². The molecule has 8 nitrogen and oxygen atoms in total. The van der Waals surface area contributed by atoms with E-state index in [1.807, 2.05) is 19.9 Å². The van der Waals surface area contributed by atoms with E-state index < -0.39 is 0 Å². The minimum Gasteiger partial charge on any atom is -0.383 e. The third kappa shape index (κ3) is 7.25. The Morgan fingerprint density at radius 3 is 2.73 bits per heavy atom. The van der Waals surface area contributed by atoms with Gasteiger partial charge in [0.1, 0.15) is 6.04 Å². The summed E-state index contributed by atoms with van der Waals surface area (Å²) in [6.45, 7) is 5.34. The molecule has 2 aromatic rings. The molecule has 0 spiro atoms. The Morgan fingerprint density at radius 1 is 1.35 bits per heavy atom. The van der Waals surface area contributed by atoms with Gasteiger partial charge in [0, 0.05) is 31.6 Å². The van der Waals surface area contributed by atoms with E-state index in [2.05, 4.69) is 25.8 Å². The third-order valence-electron chi connectivity index (χ3n) is 3.38. The van der Waals surface area contributed by atoms with Gasteiger partial charge in [-0.15, -0.1) is 24.8 Å². The number of hydrogen-bond donors (Lipinski definition) is 2. The molecule has 2 heterocycles. The summed E-state index contributed by atoms with van der Waals surface area (Å²) in [5, 5.41) is 9.90. The van der Waals surface area contributed by atoms with Gasteiger partial charge >= 0.3 is 0 Å². The van der Waals surface area contributed by atoms with Crippen molar-refractivity contribution in [3.8, 4) is 11.4 Å². The predicted octanol–water partition coefficient (Wildman–Crippen LogP) is 2.02. The molecule has 10 heteroatoms. The summed E-state index contributed by atoms with van der Waals surface area (Å²) in [5.74, 6) is 0.811. The van der Waals surface area contributed by atoms with Gasteiger partial charge in [-0.3, -0.25) is 9.78 Å². The van der Waals surface area contributed by atoms with Gasteiger partial charge in [-0.1, -0.05) is 19.0 Å². The maximum Gasteiger partial charge on any atom is 0.249 e. The molecule has 1 atom stereocenters. The standard InChI is InChI=1S/C16H23N5O3.2ClH/c1-11(2)14(19-13(22)10-18-7-8-23-3)16-20-15(21-24-16)12-5-4-6-17-9-12;;/h4-6,9,11,14,18H,7-8,10H2,1-3H3,(H,19,22);2*1H. The maximum absolute atomic E-state index is 12.1. The molecule has 0 aromatic carbocycles. The van der Waals surface area contributed by atoms with Crippen LogP contribution in [0.1, 0.15) is 25.8 Å². The number of pyridine rings is 1. The maximum atomic E-state index is 12.1. The van der Waals surface area contributed by atoms with E-state index in [1.165, 1.54) is 0 Å². The van der Waals surface area contributed by atoms with E-state index >= 15 is 0 Å². The molecule has 0 radical (unpaired) electrons. The van der Waals surface area contributed by atoms with Crippen LogP contribution in [0, 0.1) is 5.92 Å². The highest BCUT2D eigenvalue weighted by Gasteiger charge is 2.24. The van der Waals surface area contributed by atoms with Crippen LogP contribution in [-0.4, -0.2) is 47.8 Å². The largest absolute Gasteiger partial charge is 0.383 e. The van der Waals surface area contributed by atoms with Crippen molar-refractivity contribution in [2.24, 2.45) is 5.92 Å². The molecule has 0 saturated carbocycles. The lowest BCUT2D eigenvalue weighted by molar-refractivity contribution is -0.121. The average Bonchev–Trinajstić information content (AvgIpc) is 3.07. The summed E-state index contributed by atoms with van der Waals surface area (Å²) in [5.41, 5.74) is 0.766. The molecule has 2 rings (SSSR count). The van der Waals surface area contributed by atoms with Crippen LogP contribution in [-0.2, 0) is 9.53 Å². The topological polar surface area (TPSA) is 102 Å². The van der Waals surface area contributed by atoms with Crippen molar-refractivity contribution >= 4 is 30.7 Å². The van der Waals surface area contributed by atoms with Crippen LogP contribution in [0.5, 0.6) is 0 Å². The smallest absolute Gasteiger partial charge is 0.249 e. The lowest BCUT2D eigenvalue weighted by Crippen LogP contribution is -2.39. The molecule has 2 N–H and O–H groups in total. The molecule has 1 amide bonds. The summed E-state index contributed by atoms with van der Waals surface area (Å²) < 4.78 is 10.3. The number of amides is 1. The van der Waals surface area contributed by atoms with Crippen LogP contribution in [0.3, 0.4) is 0 Å². The normalized spacial score (nSPS) is 11.4. The van der Waals surface area contributed by atoms with Crippen molar-refractivity contribution in [1.29, 1.82) is 0 Å². The third-order valence-corrected chi connectivity index (χ3v) is 3.38. The number of halogens is 2. The molecule has 0 aliphatic carbocycles. The zero-order chi connectivity index (χ0) is 17.4. The summed E-state index contributed by atoms with van der Waals surface area (Å²) in [6, 6.07) is 3.31. The van der Waals surface area contributed by atoms with Crippen LogP contribution in [0.25, 0.3) is 11.4 Å². The first-order valence-corrected chi connectivity index (χ1v) is 7.85. The number of carbonyl (C=O) groups is 1. The van der Waals surface area contributed by atoms with Gasteiger partial charge in [-0.2, -0.15) is 4.98 Å². The highest BCUT2D eigenvalue weighted by molar-refractivity contribution is 5.85. The summed E-state index contributed by atoms with van der Waals surface area (Å²) in [6.07, 6.45) is 3.34. The van der Waals surface area contributed by atoms with Crippen LogP contribution < -0.4 is 10.6 Å². The lowest BCUT2D eigenvalue weighted by atomic mass is 10.0. The summed E-state index contributed by atoms with van der Waals surface area (Å²) in [4.78, 5) is 20.5. The Kier molecular flexibility index (Phi) is 11.7. The van der Waals surface area contributed by atoms with Gasteiger partial charge < -0.3 is 19.9 Å². The van der Waals surface area contributed by atoms with Crippen molar-refractivity contribution < 1.29 is 14.1 Å². The fraction of sp³-hybridized carbons (Fsp3) is 0.500. The summed E-state index contributed by atoms with van der Waals surface area (Å²) in [7, 11) is 1.62. The minimum absolute atomic E-state index is 0. The zero-order valence-corrected chi connectivity index (χ0v) is 16.6. The number of ether oxygens (including phenoxy) is 1. The van der Waals surface area contributed by atoms with Gasteiger partial charge in [0.2, 0.25) is 17.6 Å².